The van der Waals surface area contributed by atoms with Crippen molar-refractivity contribution in [3.05, 3.63) is 35.4 Å². The molecule has 1 aromatic rings. The van der Waals surface area contributed by atoms with Crippen LogP contribution in [0.5, 0.6) is 0 Å². The summed E-state index contributed by atoms with van der Waals surface area (Å²) in [5.41, 5.74) is 2.36. The van der Waals surface area contributed by atoms with Crippen molar-refractivity contribution in [3.8, 4) is 0 Å². The molecular formula is C17H25NO3. The van der Waals surface area contributed by atoms with Crippen molar-refractivity contribution in [2.45, 2.75) is 52.5 Å². The maximum absolute atomic E-state index is 11.9. The SMILES string of the molecule is CCc1ccc(CCC(=O)N[C@@H](CC(C)C)C(=O)O)cc1. The Balaban J connectivity index is 2.46. The fraction of sp³-hybridized carbons (Fsp3) is 0.529. The third-order valence-corrected chi connectivity index (χ3v) is 3.41. The van der Waals surface area contributed by atoms with E-state index in [4.69, 9.17) is 5.11 Å². The van der Waals surface area contributed by atoms with E-state index in [9.17, 15) is 9.59 Å². The zero-order valence-electron chi connectivity index (χ0n) is 13.1. The molecular weight excluding hydrogens is 266 g/mol. The van der Waals surface area contributed by atoms with Gasteiger partial charge in [-0.15, -0.1) is 0 Å². The molecule has 21 heavy (non-hydrogen) atoms. The summed E-state index contributed by atoms with van der Waals surface area (Å²) in [7, 11) is 0. The Hall–Kier alpha value is -1.84. The molecule has 0 bridgehead atoms. The number of benzene rings is 1. The van der Waals surface area contributed by atoms with Gasteiger partial charge < -0.3 is 10.4 Å². The first-order chi connectivity index (χ1) is 9.92. The van der Waals surface area contributed by atoms with Crippen LogP contribution in [0.2, 0.25) is 0 Å². The molecule has 4 heteroatoms. The van der Waals surface area contributed by atoms with Gasteiger partial charge >= 0.3 is 5.97 Å². The van der Waals surface area contributed by atoms with Gasteiger partial charge in [0.05, 0.1) is 0 Å². The molecule has 0 fully saturated rings. The number of hydrogen-bond acceptors (Lipinski definition) is 2. The molecule has 1 aromatic carbocycles. The molecule has 0 heterocycles. The number of carbonyl (C=O) groups excluding carboxylic acids is 1. The van der Waals surface area contributed by atoms with Crippen LogP contribution in [-0.2, 0) is 22.4 Å². The van der Waals surface area contributed by atoms with Crippen LogP contribution in [0, 0.1) is 5.92 Å². The van der Waals surface area contributed by atoms with Crippen molar-refractivity contribution in [3.63, 3.8) is 0 Å². The highest BCUT2D eigenvalue weighted by molar-refractivity contribution is 5.83. The van der Waals surface area contributed by atoms with Crippen molar-refractivity contribution in [2.75, 3.05) is 0 Å². The van der Waals surface area contributed by atoms with Crippen LogP contribution >= 0.6 is 0 Å². The number of nitrogens with one attached hydrogen (secondary N) is 1. The lowest BCUT2D eigenvalue weighted by atomic mass is 10.0. The van der Waals surface area contributed by atoms with Gasteiger partial charge in [-0.1, -0.05) is 45.0 Å². The average Bonchev–Trinajstić information content (AvgIpc) is 2.44. The Kier molecular flexibility index (Phi) is 6.92. The molecule has 2 N–H and O–H groups in total. The number of carbonyl (C=O) groups is 2. The van der Waals surface area contributed by atoms with Crippen LogP contribution in [0.1, 0.15) is 44.7 Å². The number of carboxylic acids is 1. The summed E-state index contributed by atoms with van der Waals surface area (Å²) < 4.78 is 0. The summed E-state index contributed by atoms with van der Waals surface area (Å²) in [6.45, 7) is 5.98. The first-order valence-corrected chi connectivity index (χ1v) is 7.52. The molecule has 0 aliphatic rings. The molecule has 0 radical (unpaired) electrons. The van der Waals surface area contributed by atoms with Crippen LogP contribution in [0.4, 0.5) is 0 Å². The predicted molar refractivity (Wildman–Crippen MR) is 83.2 cm³/mol. The van der Waals surface area contributed by atoms with E-state index in [2.05, 4.69) is 24.4 Å². The van der Waals surface area contributed by atoms with Crippen molar-refractivity contribution in [1.29, 1.82) is 0 Å². The zero-order valence-corrected chi connectivity index (χ0v) is 13.1. The zero-order chi connectivity index (χ0) is 15.8. The first kappa shape index (κ1) is 17.2. The summed E-state index contributed by atoms with van der Waals surface area (Å²) >= 11 is 0. The second-order valence-electron chi connectivity index (χ2n) is 5.76. The van der Waals surface area contributed by atoms with Gasteiger partial charge in [-0.2, -0.15) is 0 Å². The standard InChI is InChI=1S/C17H25NO3/c1-4-13-5-7-14(8-6-13)9-10-16(19)18-15(17(20)21)11-12(2)3/h5-8,12,15H,4,9-11H2,1-3H3,(H,18,19)(H,20,21)/t15-/m0/s1. The van der Waals surface area contributed by atoms with Crippen molar-refractivity contribution >= 4 is 11.9 Å². The smallest absolute Gasteiger partial charge is 0.326 e. The topological polar surface area (TPSA) is 66.4 Å². The van der Waals surface area contributed by atoms with Gasteiger partial charge in [-0.05, 0) is 36.3 Å². The van der Waals surface area contributed by atoms with Crippen LogP contribution in [0.3, 0.4) is 0 Å². The number of amides is 1. The molecule has 1 amide bonds. The lowest BCUT2D eigenvalue weighted by Crippen LogP contribution is -2.41. The van der Waals surface area contributed by atoms with Gasteiger partial charge in [-0.3, -0.25) is 4.79 Å². The highest BCUT2D eigenvalue weighted by atomic mass is 16.4. The van der Waals surface area contributed by atoms with Gasteiger partial charge in [0.15, 0.2) is 0 Å². The third-order valence-electron chi connectivity index (χ3n) is 3.41. The summed E-state index contributed by atoms with van der Waals surface area (Å²) in [6.07, 6.45) is 2.39. The highest BCUT2D eigenvalue weighted by Crippen LogP contribution is 2.09. The normalized spacial score (nSPS) is 12.2. The third kappa shape index (κ3) is 6.43. The lowest BCUT2D eigenvalue weighted by molar-refractivity contribution is -0.142. The van der Waals surface area contributed by atoms with Gasteiger partial charge in [0.2, 0.25) is 5.91 Å². The fourth-order valence-corrected chi connectivity index (χ4v) is 2.16. The molecule has 0 aromatic heterocycles. The van der Waals surface area contributed by atoms with Gasteiger partial charge in [0.25, 0.3) is 0 Å². The van der Waals surface area contributed by atoms with Gasteiger partial charge in [0, 0.05) is 6.42 Å². The van der Waals surface area contributed by atoms with E-state index in [0.29, 0.717) is 19.3 Å². The molecule has 0 saturated carbocycles. The Morgan fingerprint density at radius 1 is 1.14 bits per heavy atom. The monoisotopic (exact) mass is 291 g/mol. The van der Waals surface area contributed by atoms with Crippen molar-refractivity contribution in [2.24, 2.45) is 5.92 Å². The average molecular weight is 291 g/mol. The molecule has 0 aliphatic carbocycles. The van der Waals surface area contributed by atoms with Crippen LogP contribution in [0.25, 0.3) is 0 Å². The molecule has 4 nitrogen and oxygen atoms in total. The molecule has 0 spiro atoms. The molecule has 0 unspecified atom stereocenters. The van der Waals surface area contributed by atoms with E-state index in [1.807, 2.05) is 26.0 Å². The van der Waals surface area contributed by atoms with E-state index < -0.39 is 12.0 Å². The summed E-state index contributed by atoms with van der Waals surface area (Å²) in [5.74, 6) is -0.944. The van der Waals surface area contributed by atoms with Gasteiger partial charge in [0.1, 0.15) is 6.04 Å². The van der Waals surface area contributed by atoms with Crippen LogP contribution < -0.4 is 5.32 Å². The highest BCUT2D eigenvalue weighted by Gasteiger charge is 2.20. The van der Waals surface area contributed by atoms with Crippen molar-refractivity contribution < 1.29 is 14.7 Å². The summed E-state index contributed by atoms with van der Waals surface area (Å²) in [6, 6.07) is 7.38. The Labute approximate surface area is 126 Å². The minimum Gasteiger partial charge on any atom is -0.480 e. The van der Waals surface area contributed by atoms with E-state index in [1.54, 1.807) is 0 Å². The van der Waals surface area contributed by atoms with Crippen LogP contribution in [-0.4, -0.2) is 23.0 Å². The van der Waals surface area contributed by atoms with E-state index in [0.717, 1.165) is 12.0 Å². The second-order valence-corrected chi connectivity index (χ2v) is 5.76. The minimum atomic E-state index is -0.968. The van der Waals surface area contributed by atoms with Crippen molar-refractivity contribution in [1.82, 2.24) is 5.32 Å². The molecule has 0 aliphatic heterocycles. The number of aliphatic carboxylic acids is 1. The van der Waals surface area contributed by atoms with Gasteiger partial charge in [-0.25, -0.2) is 4.79 Å². The molecule has 116 valence electrons. The predicted octanol–water partition coefficient (Wildman–Crippen LogP) is 2.80. The summed E-state index contributed by atoms with van der Waals surface area (Å²) in [5, 5.41) is 11.7. The number of aryl methyl sites for hydroxylation is 2. The van der Waals surface area contributed by atoms with E-state index >= 15 is 0 Å². The lowest BCUT2D eigenvalue weighted by Gasteiger charge is -2.16. The largest absolute Gasteiger partial charge is 0.480 e. The molecule has 1 atom stereocenters. The maximum atomic E-state index is 11.9. The van der Waals surface area contributed by atoms with Crippen LogP contribution in [0.15, 0.2) is 24.3 Å². The maximum Gasteiger partial charge on any atom is 0.326 e. The first-order valence-electron chi connectivity index (χ1n) is 7.52. The summed E-state index contributed by atoms with van der Waals surface area (Å²) in [4.78, 5) is 23.0. The number of carboxylic acid groups (broad SMARTS) is 1. The Morgan fingerprint density at radius 2 is 1.71 bits per heavy atom. The molecule has 0 saturated heterocycles. The van der Waals surface area contributed by atoms with E-state index in [-0.39, 0.29) is 11.8 Å². The quantitative estimate of drug-likeness (QED) is 0.774. The molecule has 1 rings (SSSR count). The Bertz CT molecular complexity index is 465. The number of rotatable bonds is 8. The number of hydrogen-bond donors (Lipinski definition) is 2. The second kappa shape index (κ2) is 8.45. The minimum absolute atomic E-state index is 0.206. The fourth-order valence-electron chi connectivity index (χ4n) is 2.16. The van der Waals surface area contributed by atoms with E-state index in [1.165, 1.54) is 5.56 Å². The Morgan fingerprint density at radius 3 is 2.19 bits per heavy atom.